The number of hydrogen-bond donors (Lipinski definition) is 0. The molecule has 154 valence electrons. The number of nitro groups is 1. The van der Waals surface area contributed by atoms with E-state index in [1.54, 1.807) is 0 Å². The van der Waals surface area contributed by atoms with Crippen molar-refractivity contribution in [2.75, 3.05) is 31.4 Å². The minimum Gasteiger partial charge on any atom is -0.452 e. The van der Waals surface area contributed by atoms with Crippen LogP contribution < -0.4 is 0 Å². The third-order valence-corrected chi connectivity index (χ3v) is 7.16. The van der Waals surface area contributed by atoms with Gasteiger partial charge in [0, 0.05) is 25.4 Å². The van der Waals surface area contributed by atoms with E-state index in [0.29, 0.717) is 0 Å². The minimum atomic E-state index is -3.88. The van der Waals surface area contributed by atoms with Crippen molar-refractivity contribution in [3.63, 3.8) is 0 Å². The number of carbonyl (C=O) groups excluding carboxylic acids is 2. The van der Waals surface area contributed by atoms with Crippen LogP contribution in [-0.2, 0) is 29.2 Å². The number of hydrogen-bond acceptors (Lipinski definition) is 9. The van der Waals surface area contributed by atoms with Gasteiger partial charge < -0.3 is 9.64 Å². The van der Waals surface area contributed by atoms with Gasteiger partial charge in [0.25, 0.3) is 11.6 Å². The molecule has 1 aromatic carbocycles. The molecule has 2 rings (SSSR count). The van der Waals surface area contributed by atoms with Gasteiger partial charge in [-0.15, -0.1) is 0 Å². The number of nitro benzene ring substituents is 1. The van der Waals surface area contributed by atoms with E-state index in [2.05, 4.69) is 0 Å². The highest BCUT2D eigenvalue weighted by Crippen LogP contribution is 2.25. The summed E-state index contributed by atoms with van der Waals surface area (Å²) in [5, 5.41) is 11.1. The number of carbonyl (C=O) groups is 2. The van der Waals surface area contributed by atoms with Gasteiger partial charge in [0.15, 0.2) is 26.3 Å². The van der Waals surface area contributed by atoms with Crippen molar-refractivity contribution in [2.45, 2.75) is 17.4 Å². The number of ether oxygens (including phenoxy) is 1. The van der Waals surface area contributed by atoms with Crippen molar-refractivity contribution in [3.05, 3.63) is 33.9 Å². The smallest absolute Gasteiger partial charge is 0.338 e. The van der Waals surface area contributed by atoms with Crippen LogP contribution in [0, 0.1) is 10.1 Å². The van der Waals surface area contributed by atoms with E-state index in [9.17, 15) is 36.5 Å². The second-order valence-corrected chi connectivity index (χ2v) is 10.6. The standard InChI is InChI=1S/C15H18N2O9S2/c1-16(11-5-6-28(24,25)9-11)14(18)8-26-15(19)10-3-4-13(27(2,22)23)12(7-10)17(20)21/h3-4,7,11H,5-6,8-9H2,1-2H3/t11-/m0/s1. The summed E-state index contributed by atoms with van der Waals surface area (Å²) in [5.74, 6) is -1.87. The molecule has 0 radical (unpaired) electrons. The van der Waals surface area contributed by atoms with Crippen LogP contribution in [0.1, 0.15) is 16.8 Å². The lowest BCUT2D eigenvalue weighted by Crippen LogP contribution is -2.40. The van der Waals surface area contributed by atoms with Crippen molar-refractivity contribution >= 4 is 37.2 Å². The van der Waals surface area contributed by atoms with Gasteiger partial charge in [0.2, 0.25) is 0 Å². The third kappa shape index (κ3) is 5.04. The first-order valence-electron chi connectivity index (χ1n) is 7.93. The first kappa shape index (κ1) is 21.8. The number of nitrogens with zero attached hydrogens (tertiary/aromatic N) is 2. The normalized spacial score (nSPS) is 18.4. The monoisotopic (exact) mass is 434 g/mol. The molecular weight excluding hydrogens is 416 g/mol. The summed E-state index contributed by atoms with van der Waals surface area (Å²) >= 11 is 0. The van der Waals surface area contributed by atoms with Gasteiger partial charge in [-0.3, -0.25) is 14.9 Å². The Morgan fingerprint density at radius 2 is 2.00 bits per heavy atom. The maximum absolute atomic E-state index is 12.1. The molecule has 1 aliphatic heterocycles. The highest BCUT2D eigenvalue weighted by Gasteiger charge is 2.33. The fourth-order valence-electron chi connectivity index (χ4n) is 2.70. The van der Waals surface area contributed by atoms with Gasteiger partial charge in [0.1, 0.15) is 4.90 Å². The second kappa shape index (κ2) is 7.83. The van der Waals surface area contributed by atoms with E-state index in [4.69, 9.17) is 4.74 Å². The molecule has 0 saturated carbocycles. The van der Waals surface area contributed by atoms with E-state index >= 15 is 0 Å². The highest BCUT2D eigenvalue weighted by atomic mass is 32.2. The molecule has 1 amide bonds. The van der Waals surface area contributed by atoms with Crippen LogP contribution in [0.4, 0.5) is 5.69 Å². The Balaban J connectivity index is 2.08. The van der Waals surface area contributed by atoms with Crippen molar-refractivity contribution in [1.82, 2.24) is 4.90 Å². The summed E-state index contributed by atoms with van der Waals surface area (Å²) in [6.45, 7) is -0.687. The fourth-order valence-corrected chi connectivity index (χ4v) is 5.30. The van der Waals surface area contributed by atoms with Crippen LogP contribution in [0.5, 0.6) is 0 Å². The summed E-state index contributed by atoms with van der Waals surface area (Å²) in [6.07, 6.45) is 1.09. The number of sulfone groups is 2. The van der Waals surface area contributed by atoms with Gasteiger partial charge in [-0.25, -0.2) is 21.6 Å². The van der Waals surface area contributed by atoms with Crippen LogP contribution in [0.2, 0.25) is 0 Å². The molecule has 0 bridgehead atoms. The molecule has 0 aliphatic carbocycles. The topological polar surface area (TPSA) is 158 Å². The Labute approximate surface area is 161 Å². The summed E-state index contributed by atoms with van der Waals surface area (Å²) < 4.78 is 51.0. The first-order chi connectivity index (χ1) is 12.8. The average molecular weight is 434 g/mol. The Bertz CT molecular complexity index is 1030. The molecule has 0 N–H and O–H groups in total. The lowest BCUT2D eigenvalue weighted by Gasteiger charge is -2.23. The van der Waals surface area contributed by atoms with E-state index in [1.165, 1.54) is 11.9 Å². The van der Waals surface area contributed by atoms with Gasteiger partial charge >= 0.3 is 5.97 Å². The molecule has 0 unspecified atom stereocenters. The van der Waals surface area contributed by atoms with Gasteiger partial charge in [-0.1, -0.05) is 0 Å². The maximum atomic E-state index is 12.1. The number of likely N-dealkylation sites (N-methyl/N-ethyl adjacent to an activating group) is 1. The average Bonchev–Trinajstić information content (AvgIpc) is 2.97. The van der Waals surface area contributed by atoms with Crippen molar-refractivity contribution < 1.29 is 36.1 Å². The predicted octanol–water partition coefficient (Wildman–Crippen LogP) is -0.199. The zero-order valence-electron chi connectivity index (χ0n) is 15.0. The molecule has 1 saturated heterocycles. The van der Waals surface area contributed by atoms with E-state index < -0.39 is 59.7 Å². The van der Waals surface area contributed by atoms with Crippen molar-refractivity contribution in [1.29, 1.82) is 0 Å². The van der Waals surface area contributed by atoms with Gasteiger partial charge in [-0.2, -0.15) is 0 Å². The molecular formula is C15H18N2O9S2. The Morgan fingerprint density at radius 3 is 2.50 bits per heavy atom. The largest absolute Gasteiger partial charge is 0.452 e. The molecule has 1 aromatic rings. The summed E-state index contributed by atoms with van der Waals surface area (Å²) in [5.41, 5.74) is -1.07. The molecule has 1 atom stereocenters. The minimum absolute atomic E-state index is 0.0224. The van der Waals surface area contributed by atoms with Crippen LogP contribution >= 0.6 is 0 Å². The SMILES string of the molecule is CN(C(=O)COC(=O)c1ccc(S(C)(=O)=O)c([N+](=O)[O-])c1)[C@H]1CCS(=O)(=O)C1. The van der Waals surface area contributed by atoms with Gasteiger partial charge in [0.05, 0.1) is 22.0 Å². The molecule has 0 aromatic heterocycles. The Kier molecular flexibility index (Phi) is 6.09. The van der Waals surface area contributed by atoms with E-state index in [1.807, 2.05) is 0 Å². The van der Waals surface area contributed by atoms with Crippen molar-refractivity contribution in [3.8, 4) is 0 Å². The summed E-state index contributed by atoms with van der Waals surface area (Å²) in [4.78, 5) is 35.0. The third-order valence-electron chi connectivity index (χ3n) is 4.27. The molecule has 13 heteroatoms. The maximum Gasteiger partial charge on any atom is 0.338 e. The molecule has 1 aliphatic rings. The fraction of sp³-hybridized carbons (Fsp3) is 0.467. The Morgan fingerprint density at radius 1 is 1.36 bits per heavy atom. The molecule has 1 fully saturated rings. The van der Waals surface area contributed by atoms with Crippen LogP contribution in [0.3, 0.4) is 0 Å². The summed E-state index contributed by atoms with van der Waals surface area (Å²) in [6, 6.07) is 2.22. The second-order valence-electron chi connectivity index (χ2n) is 6.35. The van der Waals surface area contributed by atoms with E-state index in [-0.39, 0.29) is 23.5 Å². The quantitative estimate of drug-likeness (QED) is 0.336. The number of esters is 1. The predicted molar refractivity (Wildman–Crippen MR) is 96.3 cm³/mol. The van der Waals surface area contributed by atoms with Crippen LogP contribution in [-0.4, -0.2) is 76.0 Å². The Hall–Kier alpha value is -2.54. The van der Waals surface area contributed by atoms with E-state index in [0.717, 1.165) is 24.5 Å². The summed E-state index contributed by atoms with van der Waals surface area (Å²) in [7, 11) is -5.68. The van der Waals surface area contributed by atoms with Crippen LogP contribution in [0.25, 0.3) is 0 Å². The molecule has 11 nitrogen and oxygen atoms in total. The van der Waals surface area contributed by atoms with Crippen molar-refractivity contribution in [2.24, 2.45) is 0 Å². The number of rotatable bonds is 6. The lowest BCUT2D eigenvalue weighted by molar-refractivity contribution is -0.387. The lowest BCUT2D eigenvalue weighted by atomic mass is 10.2. The first-order valence-corrected chi connectivity index (χ1v) is 11.6. The molecule has 28 heavy (non-hydrogen) atoms. The zero-order valence-corrected chi connectivity index (χ0v) is 16.7. The highest BCUT2D eigenvalue weighted by molar-refractivity contribution is 7.91. The number of amides is 1. The molecule has 0 spiro atoms. The van der Waals surface area contributed by atoms with Gasteiger partial charge in [-0.05, 0) is 18.6 Å². The number of benzene rings is 1. The van der Waals surface area contributed by atoms with Crippen LogP contribution in [0.15, 0.2) is 23.1 Å². The zero-order chi connectivity index (χ0) is 21.3. The molecule has 1 heterocycles.